The van der Waals surface area contributed by atoms with Crippen molar-refractivity contribution in [3.63, 3.8) is 0 Å². The largest absolute Gasteiger partial charge is 0.493 e. The molecule has 0 amide bonds. The number of rotatable bonds is 3. The van der Waals surface area contributed by atoms with Crippen LogP contribution in [0.3, 0.4) is 0 Å². The molecule has 1 heterocycles. The molecule has 3 aromatic carbocycles. The Morgan fingerprint density at radius 2 is 1.54 bits per heavy atom. The second-order valence-electron chi connectivity index (χ2n) is 5.55. The van der Waals surface area contributed by atoms with Crippen LogP contribution in [0.1, 0.15) is 0 Å². The van der Waals surface area contributed by atoms with Gasteiger partial charge < -0.3 is 14.2 Å². The zero-order chi connectivity index (χ0) is 16.7. The van der Waals surface area contributed by atoms with Gasteiger partial charge in [0.25, 0.3) is 0 Å². The van der Waals surface area contributed by atoms with Crippen molar-refractivity contribution in [1.82, 2.24) is 4.98 Å². The molecular formula is C20H17NO3. The van der Waals surface area contributed by atoms with E-state index < -0.39 is 0 Å². The fourth-order valence-corrected chi connectivity index (χ4v) is 3.29. The predicted molar refractivity (Wildman–Crippen MR) is 96.4 cm³/mol. The number of hydrogen-bond acceptors (Lipinski definition) is 4. The first kappa shape index (κ1) is 14.6. The molecule has 0 atom stereocenters. The van der Waals surface area contributed by atoms with Gasteiger partial charge in [-0.15, -0.1) is 0 Å². The van der Waals surface area contributed by atoms with Gasteiger partial charge in [0.1, 0.15) is 0 Å². The average Bonchev–Trinajstić information content (AvgIpc) is 2.65. The normalized spacial score (nSPS) is 11.1. The highest BCUT2D eigenvalue weighted by Crippen LogP contribution is 2.45. The molecule has 0 N–H and O–H groups in total. The summed E-state index contributed by atoms with van der Waals surface area (Å²) in [6.07, 6.45) is 1.91. The monoisotopic (exact) mass is 319 g/mol. The van der Waals surface area contributed by atoms with Crippen LogP contribution in [0.4, 0.5) is 0 Å². The molecule has 0 saturated heterocycles. The molecule has 0 unspecified atom stereocenters. The molecule has 0 spiro atoms. The molecule has 0 bridgehead atoms. The van der Waals surface area contributed by atoms with E-state index in [0.29, 0.717) is 17.2 Å². The minimum Gasteiger partial charge on any atom is -0.493 e. The third-order valence-corrected chi connectivity index (χ3v) is 4.38. The van der Waals surface area contributed by atoms with Crippen molar-refractivity contribution in [1.29, 1.82) is 0 Å². The first-order valence-electron chi connectivity index (χ1n) is 7.67. The molecule has 0 aliphatic carbocycles. The molecule has 0 radical (unpaired) electrons. The summed E-state index contributed by atoms with van der Waals surface area (Å²) in [6.45, 7) is 0. The second-order valence-corrected chi connectivity index (χ2v) is 5.55. The van der Waals surface area contributed by atoms with E-state index in [1.807, 2.05) is 24.4 Å². The van der Waals surface area contributed by atoms with Gasteiger partial charge in [0, 0.05) is 17.6 Å². The summed E-state index contributed by atoms with van der Waals surface area (Å²) in [4.78, 5) is 4.64. The number of aromatic nitrogens is 1. The molecule has 4 nitrogen and oxygen atoms in total. The van der Waals surface area contributed by atoms with E-state index in [2.05, 4.69) is 29.2 Å². The molecule has 4 aromatic rings. The van der Waals surface area contributed by atoms with Crippen molar-refractivity contribution in [2.24, 2.45) is 0 Å². The Morgan fingerprint density at radius 1 is 0.750 bits per heavy atom. The van der Waals surface area contributed by atoms with E-state index >= 15 is 0 Å². The summed E-state index contributed by atoms with van der Waals surface area (Å²) in [5, 5.41) is 5.45. The third-order valence-electron chi connectivity index (χ3n) is 4.38. The van der Waals surface area contributed by atoms with E-state index in [-0.39, 0.29) is 0 Å². The van der Waals surface area contributed by atoms with Gasteiger partial charge in [-0.2, -0.15) is 0 Å². The Labute approximate surface area is 139 Å². The summed E-state index contributed by atoms with van der Waals surface area (Å²) in [6, 6.07) is 14.4. The minimum atomic E-state index is 0.579. The minimum absolute atomic E-state index is 0.579. The molecule has 0 saturated carbocycles. The zero-order valence-corrected chi connectivity index (χ0v) is 13.8. The van der Waals surface area contributed by atoms with Gasteiger partial charge >= 0.3 is 0 Å². The number of methoxy groups -OCH3 is 3. The lowest BCUT2D eigenvalue weighted by Gasteiger charge is -2.16. The van der Waals surface area contributed by atoms with E-state index in [0.717, 1.165) is 21.7 Å². The maximum atomic E-state index is 5.67. The van der Waals surface area contributed by atoms with Gasteiger partial charge in [0.2, 0.25) is 5.75 Å². The molecule has 4 rings (SSSR count). The summed E-state index contributed by atoms with van der Waals surface area (Å²) >= 11 is 0. The second kappa shape index (κ2) is 5.57. The number of hydrogen-bond donors (Lipinski definition) is 0. The fourth-order valence-electron chi connectivity index (χ4n) is 3.29. The molecule has 4 heteroatoms. The molecule has 0 aliphatic heterocycles. The molecule has 24 heavy (non-hydrogen) atoms. The first-order chi connectivity index (χ1) is 11.8. The Morgan fingerprint density at radius 3 is 2.29 bits per heavy atom. The molecular weight excluding hydrogens is 302 g/mol. The summed E-state index contributed by atoms with van der Waals surface area (Å²) in [5.74, 6) is 1.82. The van der Waals surface area contributed by atoms with Gasteiger partial charge in [-0.05, 0) is 16.2 Å². The lowest BCUT2D eigenvalue weighted by Crippen LogP contribution is -1.97. The van der Waals surface area contributed by atoms with E-state index in [9.17, 15) is 0 Å². The zero-order valence-electron chi connectivity index (χ0n) is 13.8. The van der Waals surface area contributed by atoms with E-state index in [1.165, 1.54) is 10.8 Å². The predicted octanol–water partition coefficient (Wildman–Crippen LogP) is 4.57. The Bertz CT molecular complexity index is 1070. The van der Waals surface area contributed by atoms with Crippen molar-refractivity contribution in [2.45, 2.75) is 0 Å². The van der Waals surface area contributed by atoms with Crippen LogP contribution in [0.5, 0.6) is 17.2 Å². The maximum absolute atomic E-state index is 5.67. The molecule has 120 valence electrons. The highest BCUT2D eigenvalue weighted by atomic mass is 16.5. The van der Waals surface area contributed by atoms with Crippen LogP contribution in [0.25, 0.3) is 32.4 Å². The summed E-state index contributed by atoms with van der Waals surface area (Å²) < 4.78 is 16.6. The first-order valence-corrected chi connectivity index (χ1v) is 7.67. The number of benzene rings is 3. The van der Waals surface area contributed by atoms with Gasteiger partial charge in [0.15, 0.2) is 11.5 Å². The lowest BCUT2D eigenvalue weighted by molar-refractivity contribution is 0.327. The average molecular weight is 319 g/mol. The highest BCUT2D eigenvalue weighted by Gasteiger charge is 2.19. The molecule has 0 fully saturated rings. The summed E-state index contributed by atoms with van der Waals surface area (Å²) in [7, 11) is 4.86. The van der Waals surface area contributed by atoms with Crippen molar-refractivity contribution >= 4 is 32.4 Å². The van der Waals surface area contributed by atoms with Crippen LogP contribution in [0, 0.1) is 0 Å². The van der Waals surface area contributed by atoms with Gasteiger partial charge in [-0.25, -0.2) is 0 Å². The Kier molecular flexibility index (Phi) is 3.38. The number of ether oxygens (including phenoxy) is 3. The Balaban J connectivity index is 2.23. The maximum Gasteiger partial charge on any atom is 0.204 e. The van der Waals surface area contributed by atoms with Gasteiger partial charge in [-0.3, -0.25) is 4.98 Å². The highest BCUT2D eigenvalue weighted by molar-refractivity contribution is 6.18. The number of pyridine rings is 1. The van der Waals surface area contributed by atoms with E-state index in [4.69, 9.17) is 14.2 Å². The lowest BCUT2D eigenvalue weighted by atomic mass is 9.99. The standard InChI is InChI=1S/C20H17NO3/c1-22-17-10-16-18(20(24-3)19(17)23-2)14-9-8-12-6-4-5-7-13(12)15(14)11-21-16/h4-11H,1-3H3. The van der Waals surface area contributed by atoms with Crippen molar-refractivity contribution in [2.75, 3.05) is 21.3 Å². The van der Waals surface area contributed by atoms with Crippen LogP contribution in [-0.4, -0.2) is 26.3 Å². The SMILES string of the molecule is COc1cc2ncc3c4ccccc4ccc3c2c(OC)c1OC. The fraction of sp³-hybridized carbons (Fsp3) is 0.150. The van der Waals surface area contributed by atoms with Crippen LogP contribution in [0.15, 0.2) is 48.7 Å². The molecule has 0 aliphatic rings. The number of fused-ring (bicyclic) bond motifs is 5. The van der Waals surface area contributed by atoms with Gasteiger partial charge in [-0.1, -0.05) is 36.4 Å². The van der Waals surface area contributed by atoms with Gasteiger partial charge in [0.05, 0.1) is 32.2 Å². The van der Waals surface area contributed by atoms with Crippen molar-refractivity contribution in [3.05, 3.63) is 48.7 Å². The quantitative estimate of drug-likeness (QED) is 0.519. The van der Waals surface area contributed by atoms with E-state index in [1.54, 1.807) is 21.3 Å². The topological polar surface area (TPSA) is 40.6 Å². The Hall–Kier alpha value is -3.01. The van der Waals surface area contributed by atoms with Crippen LogP contribution < -0.4 is 14.2 Å². The number of nitrogens with zero attached hydrogens (tertiary/aromatic N) is 1. The van der Waals surface area contributed by atoms with Crippen molar-refractivity contribution < 1.29 is 14.2 Å². The smallest absolute Gasteiger partial charge is 0.204 e. The van der Waals surface area contributed by atoms with Crippen LogP contribution >= 0.6 is 0 Å². The summed E-state index contributed by atoms with van der Waals surface area (Å²) in [5.41, 5.74) is 0.812. The van der Waals surface area contributed by atoms with Crippen LogP contribution in [0.2, 0.25) is 0 Å². The van der Waals surface area contributed by atoms with Crippen molar-refractivity contribution in [3.8, 4) is 17.2 Å². The third kappa shape index (κ3) is 1.96. The molecule has 1 aromatic heterocycles. The van der Waals surface area contributed by atoms with Crippen LogP contribution in [-0.2, 0) is 0 Å².